The number of fused-ring (bicyclic) bond motifs is 2. The molecule has 1 aliphatic carbocycles. The average molecular weight is 224 g/mol. The van der Waals surface area contributed by atoms with E-state index in [9.17, 15) is 4.79 Å². The van der Waals surface area contributed by atoms with Gasteiger partial charge in [0.25, 0.3) is 0 Å². The zero-order chi connectivity index (χ0) is 12.0. The molecule has 0 radical (unpaired) electrons. The number of hydrogen-bond donors (Lipinski definition) is 1. The van der Waals surface area contributed by atoms with Crippen molar-refractivity contribution in [2.45, 2.75) is 53.0 Å². The molecule has 1 saturated heterocycles. The fraction of sp³-hybridized carbons (Fsp3) is 0.923. The number of likely N-dealkylation sites (tertiary alicyclic amines) is 1. The number of nitrogens with zero attached hydrogens (tertiary/aromatic N) is 1. The number of hydrogen-bond acceptors (Lipinski definition) is 1. The third kappa shape index (κ3) is 2.04. The van der Waals surface area contributed by atoms with E-state index >= 15 is 0 Å². The van der Waals surface area contributed by atoms with Crippen LogP contribution in [-0.4, -0.2) is 30.1 Å². The maximum absolute atomic E-state index is 12.0. The minimum absolute atomic E-state index is 0.133. The molecular formula is C13H24N2O. The Morgan fingerprint density at radius 1 is 1.38 bits per heavy atom. The number of carbonyl (C=O) groups is 1. The predicted octanol–water partition coefficient (Wildman–Crippen LogP) is 2.62. The lowest BCUT2D eigenvalue weighted by atomic mass is 9.65. The van der Waals surface area contributed by atoms with Crippen LogP contribution in [0.4, 0.5) is 4.79 Å². The number of amides is 2. The maximum atomic E-state index is 12.0. The molecule has 92 valence electrons. The van der Waals surface area contributed by atoms with Gasteiger partial charge in [-0.2, -0.15) is 0 Å². The van der Waals surface area contributed by atoms with Gasteiger partial charge in [0.1, 0.15) is 0 Å². The molecule has 1 N–H and O–H groups in total. The fourth-order valence-corrected chi connectivity index (χ4v) is 3.95. The van der Waals surface area contributed by atoms with Crippen LogP contribution in [0.5, 0.6) is 0 Å². The molecule has 16 heavy (non-hydrogen) atoms. The van der Waals surface area contributed by atoms with Crippen LogP contribution < -0.4 is 5.32 Å². The zero-order valence-electron chi connectivity index (χ0n) is 11.0. The predicted molar refractivity (Wildman–Crippen MR) is 65.3 cm³/mol. The first-order chi connectivity index (χ1) is 7.35. The highest BCUT2D eigenvalue weighted by molar-refractivity contribution is 5.75. The van der Waals surface area contributed by atoms with E-state index in [1.54, 1.807) is 0 Å². The molecular weight excluding hydrogens is 200 g/mol. The van der Waals surface area contributed by atoms with Crippen molar-refractivity contribution in [1.29, 1.82) is 0 Å². The molecule has 2 aliphatic rings. The molecule has 3 nitrogen and oxygen atoms in total. The van der Waals surface area contributed by atoms with Crippen molar-refractivity contribution < 1.29 is 4.79 Å². The van der Waals surface area contributed by atoms with Gasteiger partial charge in [0, 0.05) is 19.1 Å². The van der Waals surface area contributed by atoms with Crippen molar-refractivity contribution in [2.75, 3.05) is 13.1 Å². The molecule has 2 bridgehead atoms. The summed E-state index contributed by atoms with van der Waals surface area (Å²) in [7, 11) is 0. The molecule has 0 spiro atoms. The zero-order valence-corrected chi connectivity index (χ0v) is 11.0. The quantitative estimate of drug-likeness (QED) is 0.729. The maximum Gasteiger partial charge on any atom is 0.317 e. The van der Waals surface area contributed by atoms with Gasteiger partial charge in [0.05, 0.1) is 0 Å². The van der Waals surface area contributed by atoms with E-state index in [2.05, 4.69) is 31.0 Å². The van der Waals surface area contributed by atoms with Gasteiger partial charge in [-0.1, -0.05) is 20.8 Å². The molecule has 0 aromatic rings. The van der Waals surface area contributed by atoms with Crippen LogP contribution in [-0.2, 0) is 0 Å². The second-order valence-corrected chi connectivity index (χ2v) is 6.68. The molecule has 0 aromatic heterocycles. The number of rotatable bonds is 1. The van der Waals surface area contributed by atoms with Gasteiger partial charge in [-0.05, 0) is 37.0 Å². The lowest BCUT2D eigenvalue weighted by Gasteiger charge is -2.39. The number of carbonyl (C=O) groups excluding carboxylic acids is 1. The Morgan fingerprint density at radius 3 is 2.69 bits per heavy atom. The highest BCUT2D eigenvalue weighted by Gasteiger charge is 2.50. The van der Waals surface area contributed by atoms with Gasteiger partial charge in [-0.25, -0.2) is 4.79 Å². The third-order valence-corrected chi connectivity index (χ3v) is 4.00. The molecule has 2 atom stereocenters. The molecule has 0 unspecified atom stereocenters. The smallest absolute Gasteiger partial charge is 0.317 e. The average Bonchev–Trinajstić information content (AvgIpc) is 2.35. The molecule has 1 aliphatic heterocycles. The summed E-state index contributed by atoms with van der Waals surface area (Å²) in [5.74, 6) is 0. The second kappa shape index (κ2) is 3.64. The monoisotopic (exact) mass is 224 g/mol. The Bertz CT molecular complexity index is 300. The number of nitrogens with one attached hydrogen (secondary N) is 1. The molecule has 1 heterocycles. The third-order valence-electron chi connectivity index (χ3n) is 4.00. The highest BCUT2D eigenvalue weighted by Crippen LogP contribution is 2.52. The minimum atomic E-state index is 0.133. The summed E-state index contributed by atoms with van der Waals surface area (Å²) in [6, 6.07) is 0.592. The van der Waals surface area contributed by atoms with Gasteiger partial charge >= 0.3 is 6.03 Å². The van der Waals surface area contributed by atoms with Crippen molar-refractivity contribution >= 4 is 6.03 Å². The van der Waals surface area contributed by atoms with Gasteiger partial charge in [-0.15, -0.1) is 0 Å². The Kier molecular flexibility index (Phi) is 2.67. The van der Waals surface area contributed by atoms with Crippen molar-refractivity contribution in [2.24, 2.45) is 10.8 Å². The van der Waals surface area contributed by atoms with Crippen molar-refractivity contribution in [1.82, 2.24) is 10.2 Å². The summed E-state index contributed by atoms with van der Waals surface area (Å²) in [6.45, 7) is 10.6. The normalized spacial score (nSPS) is 36.2. The Labute approximate surface area is 98.6 Å². The first-order valence-corrected chi connectivity index (χ1v) is 6.40. The summed E-state index contributed by atoms with van der Waals surface area (Å²) in [5, 5.41) is 2.93. The summed E-state index contributed by atoms with van der Waals surface area (Å²) in [5.41, 5.74) is 0.733. The molecule has 1 saturated carbocycles. The van der Waals surface area contributed by atoms with Crippen LogP contribution in [0.3, 0.4) is 0 Å². The van der Waals surface area contributed by atoms with Crippen LogP contribution in [0.15, 0.2) is 0 Å². The van der Waals surface area contributed by atoms with Crippen molar-refractivity contribution in [3.63, 3.8) is 0 Å². The van der Waals surface area contributed by atoms with E-state index < -0.39 is 0 Å². The van der Waals surface area contributed by atoms with Gasteiger partial charge in [0.2, 0.25) is 0 Å². The summed E-state index contributed by atoms with van der Waals surface area (Å²) < 4.78 is 0. The van der Waals surface area contributed by atoms with E-state index in [1.165, 1.54) is 12.8 Å². The van der Waals surface area contributed by atoms with Crippen LogP contribution in [0.2, 0.25) is 0 Å². The van der Waals surface area contributed by atoms with Crippen molar-refractivity contribution in [3.05, 3.63) is 0 Å². The van der Waals surface area contributed by atoms with E-state index in [0.29, 0.717) is 16.9 Å². The van der Waals surface area contributed by atoms with Crippen LogP contribution in [0.25, 0.3) is 0 Å². The Balaban J connectivity index is 2.13. The van der Waals surface area contributed by atoms with E-state index in [-0.39, 0.29) is 6.03 Å². The standard InChI is InChI=1S/C13H24N2O/c1-5-14-11(16)15-9-13(4)7-10(15)6-12(2,3)8-13/h10H,5-9H2,1-4H3,(H,14,16)/t10-,13+/m1/s1. The van der Waals surface area contributed by atoms with Gasteiger partial charge in [-0.3, -0.25) is 0 Å². The van der Waals surface area contributed by atoms with Crippen LogP contribution >= 0.6 is 0 Å². The molecule has 3 heteroatoms. The first-order valence-electron chi connectivity index (χ1n) is 6.40. The molecule has 2 rings (SSSR count). The molecule has 0 aromatic carbocycles. The fourth-order valence-electron chi connectivity index (χ4n) is 3.95. The first kappa shape index (κ1) is 11.7. The molecule has 2 fully saturated rings. The van der Waals surface area contributed by atoms with Crippen LogP contribution in [0.1, 0.15) is 47.0 Å². The number of urea groups is 1. The summed E-state index contributed by atoms with van der Waals surface area (Å²) in [4.78, 5) is 14.0. The Hall–Kier alpha value is -0.730. The topological polar surface area (TPSA) is 32.3 Å². The minimum Gasteiger partial charge on any atom is -0.338 e. The van der Waals surface area contributed by atoms with Gasteiger partial charge in [0.15, 0.2) is 0 Å². The highest BCUT2D eigenvalue weighted by atomic mass is 16.2. The van der Waals surface area contributed by atoms with E-state index in [0.717, 1.165) is 19.5 Å². The molecule has 2 amide bonds. The lowest BCUT2D eigenvalue weighted by molar-refractivity contribution is 0.129. The van der Waals surface area contributed by atoms with Crippen molar-refractivity contribution in [3.8, 4) is 0 Å². The van der Waals surface area contributed by atoms with Gasteiger partial charge < -0.3 is 10.2 Å². The van der Waals surface area contributed by atoms with Crippen LogP contribution in [0, 0.1) is 10.8 Å². The SMILES string of the molecule is CCNC(=O)N1C[C@@]2(C)C[C@H]1CC(C)(C)C2. The van der Waals surface area contributed by atoms with E-state index in [4.69, 9.17) is 0 Å². The second-order valence-electron chi connectivity index (χ2n) is 6.68. The Morgan fingerprint density at radius 2 is 2.06 bits per heavy atom. The lowest BCUT2D eigenvalue weighted by Crippen LogP contribution is -2.43. The largest absolute Gasteiger partial charge is 0.338 e. The summed E-state index contributed by atoms with van der Waals surface area (Å²) >= 11 is 0. The van der Waals surface area contributed by atoms with E-state index in [1.807, 2.05) is 6.92 Å². The summed E-state index contributed by atoms with van der Waals surface area (Å²) in [6.07, 6.45) is 3.58.